The van der Waals surface area contributed by atoms with Gasteiger partial charge in [-0.1, -0.05) is 0 Å². The quantitative estimate of drug-likeness (QED) is 0.628. The molecule has 0 radical (unpaired) electrons. The van der Waals surface area contributed by atoms with Crippen LogP contribution in [0.5, 0.6) is 0 Å². The third-order valence-electron chi connectivity index (χ3n) is 1.52. The number of anilines is 2. The fourth-order valence-electron chi connectivity index (χ4n) is 0.999. The van der Waals surface area contributed by atoms with Gasteiger partial charge in [-0.25, -0.2) is 4.98 Å². The topological polar surface area (TPSA) is 95.6 Å². The minimum absolute atomic E-state index is 0.364. The van der Waals surface area contributed by atoms with Crippen LogP contribution in [0.25, 0.3) is 5.82 Å². The number of aromatic nitrogens is 4. The zero-order chi connectivity index (χ0) is 9.26. The van der Waals surface area contributed by atoms with E-state index in [1.54, 1.807) is 24.7 Å². The van der Waals surface area contributed by atoms with Crippen LogP contribution >= 0.6 is 0 Å². The van der Waals surface area contributed by atoms with Crippen molar-refractivity contribution in [3.63, 3.8) is 0 Å². The molecule has 0 atom stereocenters. The van der Waals surface area contributed by atoms with Gasteiger partial charge in [0.2, 0.25) is 0 Å². The van der Waals surface area contributed by atoms with E-state index in [2.05, 4.69) is 15.1 Å². The predicted molar refractivity (Wildman–Crippen MR) is 48.0 cm³/mol. The molecular weight excluding hydrogens is 168 g/mol. The average Bonchev–Trinajstić information content (AvgIpc) is 2.47. The van der Waals surface area contributed by atoms with Crippen LogP contribution in [0.2, 0.25) is 0 Å². The molecule has 4 N–H and O–H groups in total. The van der Waals surface area contributed by atoms with Crippen molar-refractivity contribution in [3.8, 4) is 5.82 Å². The summed E-state index contributed by atoms with van der Waals surface area (Å²) in [7, 11) is 0. The summed E-state index contributed by atoms with van der Waals surface area (Å²) in [5.41, 5.74) is 11.1. The SMILES string of the molecule is Nc1cc(N)n(-c2cnccn2)n1. The summed E-state index contributed by atoms with van der Waals surface area (Å²) in [6.07, 6.45) is 4.70. The molecule has 2 aromatic rings. The van der Waals surface area contributed by atoms with Gasteiger partial charge in [0.05, 0.1) is 6.20 Å². The van der Waals surface area contributed by atoms with Gasteiger partial charge < -0.3 is 11.5 Å². The van der Waals surface area contributed by atoms with Crippen LogP contribution in [0.3, 0.4) is 0 Å². The van der Waals surface area contributed by atoms with Crippen molar-refractivity contribution in [3.05, 3.63) is 24.7 Å². The molecule has 0 aromatic carbocycles. The molecule has 2 rings (SSSR count). The van der Waals surface area contributed by atoms with Gasteiger partial charge in [0.15, 0.2) is 5.82 Å². The van der Waals surface area contributed by atoms with E-state index in [0.717, 1.165) is 0 Å². The first-order valence-electron chi connectivity index (χ1n) is 3.65. The smallest absolute Gasteiger partial charge is 0.174 e. The molecule has 13 heavy (non-hydrogen) atoms. The molecule has 6 heteroatoms. The number of hydrogen-bond acceptors (Lipinski definition) is 5. The average molecular weight is 176 g/mol. The molecule has 0 spiro atoms. The van der Waals surface area contributed by atoms with Crippen molar-refractivity contribution in [1.82, 2.24) is 19.7 Å². The third-order valence-corrected chi connectivity index (χ3v) is 1.52. The van der Waals surface area contributed by atoms with Crippen molar-refractivity contribution in [2.45, 2.75) is 0 Å². The van der Waals surface area contributed by atoms with E-state index in [4.69, 9.17) is 11.5 Å². The van der Waals surface area contributed by atoms with E-state index in [1.165, 1.54) is 4.68 Å². The highest BCUT2D eigenvalue weighted by Gasteiger charge is 2.04. The summed E-state index contributed by atoms with van der Waals surface area (Å²) in [5, 5.41) is 3.95. The van der Waals surface area contributed by atoms with E-state index in [0.29, 0.717) is 17.5 Å². The van der Waals surface area contributed by atoms with Crippen LogP contribution < -0.4 is 11.5 Å². The van der Waals surface area contributed by atoms with Gasteiger partial charge in [0.1, 0.15) is 11.6 Å². The third kappa shape index (κ3) is 1.28. The minimum atomic E-state index is 0.364. The summed E-state index contributed by atoms with van der Waals surface area (Å²) < 4.78 is 1.43. The second kappa shape index (κ2) is 2.74. The number of nitrogen functional groups attached to an aromatic ring is 2. The van der Waals surface area contributed by atoms with Crippen LogP contribution in [-0.4, -0.2) is 19.7 Å². The van der Waals surface area contributed by atoms with Gasteiger partial charge in [-0.05, 0) is 0 Å². The Kier molecular flexibility index (Phi) is 1.59. The van der Waals surface area contributed by atoms with Gasteiger partial charge in [0.25, 0.3) is 0 Å². The maximum Gasteiger partial charge on any atom is 0.174 e. The van der Waals surface area contributed by atoms with Crippen molar-refractivity contribution < 1.29 is 0 Å². The summed E-state index contributed by atoms with van der Waals surface area (Å²) >= 11 is 0. The van der Waals surface area contributed by atoms with E-state index >= 15 is 0 Å². The highest BCUT2D eigenvalue weighted by atomic mass is 15.4. The Bertz CT molecular complexity index is 406. The van der Waals surface area contributed by atoms with Gasteiger partial charge in [0, 0.05) is 18.5 Å². The normalized spacial score (nSPS) is 10.2. The van der Waals surface area contributed by atoms with Crippen LogP contribution in [-0.2, 0) is 0 Å². The number of nitrogens with zero attached hydrogens (tertiary/aromatic N) is 4. The van der Waals surface area contributed by atoms with E-state index in [-0.39, 0.29) is 0 Å². The largest absolute Gasteiger partial charge is 0.383 e. The molecule has 0 unspecified atom stereocenters. The number of rotatable bonds is 1. The summed E-state index contributed by atoms with van der Waals surface area (Å²) in [6.45, 7) is 0. The van der Waals surface area contributed by atoms with Crippen molar-refractivity contribution >= 4 is 11.6 Å². The highest BCUT2D eigenvalue weighted by Crippen LogP contribution is 2.11. The lowest BCUT2D eigenvalue weighted by Gasteiger charge is -1.99. The number of hydrogen-bond donors (Lipinski definition) is 2. The maximum atomic E-state index is 5.63. The predicted octanol–water partition coefficient (Wildman–Crippen LogP) is -0.173. The molecule has 0 saturated heterocycles. The lowest BCUT2D eigenvalue weighted by Crippen LogP contribution is -2.04. The number of nitrogens with two attached hydrogens (primary N) is 2. The Hall–Kier alpha value is -2.11. The molecule has 2 aromatic heterocycles. The summed E-state index contributed by atoms with van der Waals surface area (Å²) in [4.78, 5) is 7.92. The fraction of sp³-hybridized carbons (Fsp3) is 0. The zero-order valence-corrected chi connectivity index (χ0v) is 6.75. The molecule has 0 aliphatic rings. The first-order valence-corrected chi connectivity index (χ1v) is 3.65. The van der Waals surface area contributed by atoms with Crippen LogP contribution in [0.4, 0.5) is 11.6 Å². The Balaban J connectivity index is 2.53. The molecule has 6 nitrogen and oxygen atoms in total. The van der Waals surface area contributed by atoms with E-state index in [9.17, 15) is 0 Å². The Morgan fingerprint density at radius 1 is 1.23 bits per heavy atom. The van der Waals surface area contributed by atoms with Gasteiger partial charge in [-0.2, -0.15) is 4.68 Å². The highest BCUT2D eigenvalue weighted by molar-refractivity contribution is 5.46. The Morgan fingerprint density at radius 3 is 2.62 bits per heavy atom. The van der Waals surface area contributed by atoms with Gasteiger partial charge >= 0.3 is 0 Å². The van der Waals surface area contributed by atoms with Crippen LogP contribution in [0, 0.1) is 0 Å². The maximum absolute atomic E-state index is 5.63. The fourth-order valence-corrected chi connectivity index (χ4v) is 0.999. The van der Waals surface area contributed by atoms with Crippen LogP contribution in [0.15, 0.2) is 24.7 Å². The molecule has 0 aliphatic heterocycles. The van der Waals surface area contributed by atoms with Crippen LogP contribution in [0.1, 0.15) is 0 Å². The standard InChI is InChI=1S/C7H8N6/c8-5-3-6(9)13(12-5)7-4-10-1-2-11-7/h1-4H,9H2,(H2,8,12). The van der Waals surface area contributed by atoms with E-state index < -0.39 is 0 Å². The molecule has 66 valence electrons. The molecule has 0 aliphatic carbocycles. The van der Waals surface area contributed by atoms with Crippen molar-refractivity contribution in [2.75, 3.05) is 11.5 Å². The first-order chi connectivity index (χ1) is 6.27. The monoisotopic (exact) mass is 176 g/mol. The Labute approximate surface area is 74.2 Å². The van der Waals surface area contributed by atoms with Crippen molar-refractivity contribution in [1.29, 1.82) is 0 Å². The van der Waals surface area contributed by atoms with Crippen molar-refractivity contribution in [2.24, 2.45) is 0 Å². The molecule has 0 bridgehead atoms. The minimum Gasteiger partial charge on any atom is -0.383 e. The van der Waals surface area contributed by atoms with Gasteiger partial charge in [-0.15, -0.1) is 5.10 Å². The van der Waals surface area contributed by atoms with E-state index in [1.807, 2.05) is 0 Å². The molecule has 0 amide bonds. The molecular formula is C7H8N6. The molecule has 0 saturated carbocycles. The second-order valence-corrected chi connectivity index (χ2v) is 2.47. The first kappa shape index (κ1) is 7.53. The summed E-state index contributed by atoms with van der Waals surface area (Å²) in [5.74, 6) is 1.36. The van der Waals surface area contributed by atoms with Gasteiger partial charge in [-0.3, -0.25) is 4.98 Å². The molecule has 2 heterocycles. The zero-order valence-electron chi connectivity index (χ0n) is 6.75. The summed E-state index contributed by atoms with van der Waals surface area (Å²) in [6, 6.07) is 1.56. The lowest BCUT2D eigenvalue weighted by atomic mass is 10.6. The molecule has 0 fully saturated rings. The second-order valence-electron chi connectivity index (χ2n) is 2.47. The lowest BCUT2D eigenvalue weighted by molar-refractivity contribution is 0.852. The Morgan fingerprint density at radius 2 is 2.08 bits per heavy atom.